The van der Waals surface area contributed by atoms with Gasteiger partial charge in [-0.05, 0) is 25.5 Å². The van der Waals surface area contributed by atoms with Crippen molar-refractivity contribution < 1.29 is 4.52 Å². The number of rotatable bonds is 4. The largest absolute Gasteiger partial charge is 0.338 e. The third-order valence-corrected chi connectivity index (χ3v) is 4.84. The highest BCUT2D eigenvalue weighted by Gasteiger charge is 2.12. The quantitative estimate of drug-likeness (QED) is 0.397. The predicted octanol–water partition coefficient (Wildman–Crippen LogP) is 4.59. The molecule has 0 aliphatic rings. The summed E-state index contributed by atoms with van der Waals surface area (Å²) < 4.78 is 5.41. The van der Waals surface area contributed by atoms with Crippen LogP contribution >= 0.6 is 11.8 Å². The molecule has 25 heavy (non-hydrogen) atoms. The second-order valence-corrected chi connectivity index (χ2v) is 6.67. The van der Waals surface area contributed by atoms with Crippen LogP contribution in [0.2, 0.25) is 0 Å². The standard InChI is InChI=1S/C19H16N4OS/c1-12-7-3-4-8-14(12)18-22-17(24-23-18)11-25-19-15-9-5-6-10-16(15)20-13(2)21-19/h3-10H,11H2,1-2H3. The molecule has 0 unspecified atom stereocenters. The smallest absolute Gasteiger partial charge is 0.237 e. The predicted molar refractivity (Wildman–Crippen MR) is 98.3 cm³/mol. The topological polar surface area (TPSA) is 64.7 Å². The van der Waals surface area contributed by atoms with E-state index in [-0.39, 0.29) is 0 Å². The molecule has 4 rings (SSSR count). The van der Waals surface area contributed by atoms with Crippen molar-refractivity contribution in [2.75, 3.05) is 0 Å². The van der Waals surface area contributed by atoms with Crippen molar-refractivity contribution in [1.29, 1.82) is 0 Å². The summed E-state index contributed by atoms with van der Waals surface area (Å²) in [5, 5.41) is 6.08. The fraction of sp³-hybridized carbons (Fsp3) is 0.158. The van der Waals surface area contributed by atoms with E-state index in [0.717, 1.165) is 32.9 Å². The minimum absolute atomic E-state index is 0.569. The van der Waals surface area contributed by atoms with E-state index in [4.69, 9.17) is 4.52 Å². The van der Waals surface area contributed by atoms with Crippen molar-refractivity contribution in [3.8, 4) is 11.4 Å². The van der Waals surface area contributed by atoms with E-state index < -0.39 is 0 Å². The van der Waals surface area contributed by atoms with Crippen LogP contribution in [0.25, 0.3) is 22.3 Å². The highest BCUT2D eigenvalue weighted by atomic mass is 32.2. The number of thioether (sulfide) groups is 1. The van der Waals surface area contributed by atoms with Gasteiger partial charge >= 0.3 is 0 Å². The molecule has 0 atom stereocenters. The summed E-state index contributed by atoms with van der Waals surface area (Å²) >= 11 is 1.58. The number of nitrogens with zero attached hydrogens (tertiary/aromatic N) is 4. The molecule has 0 radical (unpaired) electrons. The molecule has 2 aromatic carbocycles. The molecule has 4 aromatic rings. The van der Waals surface area contributed by atoms with Crippen LogP contribution < -0.4 is 0 Å². The fourth-order valence-electron chi connectivity index (χ4n) is 2.65. The van der Waals surface area contributed by atoms with E-state index in [0.29, 0.717) is 17.5 Å². The minimum Gasteiger partial charge on any atom is -0.338 e. The molecule has 0 aliphatic heterocycles. The first-order valence-electron chi connectivity index (χ1n) is 7.95. The Labute approximate surface area is 149 Å². The fourth-order valence-corrected chi connectivity index (χ4v) is 3.55. The molecule has 2 aromatic heterocycles. The summed E-state index contributed by atoms with van der Waals surface area (Å²) in [6.45, 7) is 3.94. The van der Waals surface area contributed by atoms with Crippen LogP contribution in [-0.2, 0) is 5.75 Å². The highest BCUT2D eigenvalue weighted by molar-refractivity contribution is 7.98. The average molecular weight is 348 g/mol. The molecule has 5 nitrogen and oxygen atoms in total. The van der Waals surface area contributed by atoms with E-state index in [9.17, 15) is 0 Å². The zero-order valence-corrected chi connectivity index (χ0v) is 14.7. The van der Waals surface area contributed by atoms with Gasteiger partial charge in [-0.2, -0.15) is 4.98 Å². The maximum absolute atomic E-state index is 5.41. The Balaban J connectivity index is 1.58. The van der Waals surface area contributed by atoms with Crippen LogP contribution in [0.4, 0.5) is 0 Å². The Hall–Kier alpha value is -2.73. The van der Waals surface area contributed by atoms with Gasteiger partial charge in [-0.1, -0.05) is 59.4 Å². The third-order valence-electron chi connectivity index (χ3n) is 3.87. The molecule has 6 heteroatoms. The number of para-hydroxylation sites is 1. The van der Waals surface area contributed by atoms with E-state index in [1.165, 1.54) is 0 Å². The van der Waals surface area contributed by atoms with Gasteiger partial charge in [-0.15, -0.1) is 0 Å². The van der Waals surface area contributed by atoms with E-state index in [2.05, 4.69) is 20.1 Å². The van der Waals surface area contributed by atoms with Crippen LogP contribution in [0.3, 0.4) is 0 Å². The lowest BCUT2D eigenvalue weighted by Crippen LogP contribution is -1.93. The van der Waals surface area contributed by atoms with Crippen molar-refractivity contribution >= 4 is 22.7 Å². The molecule has 0 saturated heterocycles. The lowest BCUT2D eigenvalue weighted by Gasteiger charge is -2.04. The molecule has 0 fully saturated rings. The molecule has 124 valence electrons. The van der Waals surface area contributed by atoms with E-state index in [1.54, 1.807) is 11.8 Å². The molecule has 2 heterocycles. The lowest BCUT2D eigenvalue weighted by atomic mass is 10.1. The summed E-state index contributed by atoms with van der Waals surface area (Å²) in [7, 11) is 0. The minimum atomic E-state index is 0.569. The number of aromatic nitrogens is 4. The summed E-state index contributed by atoms with van der Waals surface area (Å²) in [5.74, 6) is 2.53. The maximum atomic E-state index is 5.41. The third kappa shape index (κ3) is 3.25. The molecule has 0 aliphatic carbocycles. The number of aryl methyl sites for hydroxylation is 2. The van der Waals surface area contributed by atoms with Crippen LogP contribution in [0.1, 0.15) is 17.3 Å². The zero-order valence-electron chi connectivity index (χ0n) is 13.9. The maximum Gasteiger partial charge on any atom is 0.237 e. The first-order chi connectivity index (χ1) is 12.2. The van der Waals surface area contributed by atoms with Gasteiger partial charge in [0.2, 0.25) is 11.7 Å². The Bertz CT molecular complexity index is 1040. The zero-order chi connectivity index (χ0) is 17.2. The Morgan fingerprint density at radius 2 is 1.72 bits per heavy atom. The lowest BCUT2D eigenvalue weighted by molar-refractivity contribution is 0.391. The van der Waals surface area contributed by atoms with Crippen molar-refractivity contribution in [2.24, 2.45) is 0 Å². The molecule has 0 spiro atoms. The monoisotopic (exact) mass is 348 g/mol. The molecule has 0 bridgehead atoms. The Kier molecular flexibility index (Phi) is 4.19. The van der Waals surface area contributed by atoms with Gasteiger partial charge in [0.25, 0.3) is 0 Å². The number of hydrogen-bond donors (Lipinski definition) is 0. The van der Waals surface area contributed by atoms with Gasteiger partial charge in [-0.3, -0.25) is 0 Å². The van der Waals surface area contributed by atoms with Gasteiger partial charge in [0, 0.05) is 10.9 Å². The second kappa shape index (κ2) is 6.64. The van der Waals surface area contributed by atoms with Gasteiger partial charge in [0.1, 0.15) is 10.9 Å². The van der Waals surface area contributed by atoms with Crippen molar-refractivity contribution in [3.63, 3.8) is 0 Å². The van der Waals surface area contributed by atoms with Crippen molar-refractivity contribution in [2.45, 2.75) is 24.6 Å². The number of hydrogen-bond acceptors (Lipinski definition) is 6. The van der Waals surface area contributed by atoms with Crippen LogP contribution in [0.5, 0.6) is 0 Å². The Morgan fingerprint density at radius 1 is 0.920 bits per heavy atom. The van der Waals surface area contributed by atoms with Crippen LogP contribution in [0, 0.1) is 13.8 Å². The average Bonchev–Trinajstić information content (AvgIpc) is 3.08. The van der Waals surface area contributed by atoms with Crippen molar-refractivity contribution in [3.05, 3.63) is 65.8 Å². The van der Waals surface area contributed by atoms with E-state index in [1.807, 2.05) is 62.4 Å². The first-order valence-corrected chi connectivity index (χ1v) is 8.94. The Morgan fingerprint density at radius 3 is 2.60 bits per heavy atom. The summed E-state index contributed by atoms with van der Waals surface area (Å²) in [5.41, 5.74) is 3.06. The number of benzene rings is 2. The second-order valence-electron chi connectivity index (χ2n) is 5.71. The van der Waals surface area contributed by atoms with Gasteiger partial charge in [0.15, 0.2) is 0 Å². The molecular weight excluding hydrogens is 332 g/mol. The van der Waals surface area contributed by atoms with Gasteiger partial charge < -0.3 is 4.52 Å². The SMILES string of the molecule is Cc1nc(SCc2nc(-c3ccccc3C)no2)c2ccccc2n1. The summed E-state index contributed by atoms with van der Waals surface area (Å²) in [6.07, 6.45) is 0. The summed E-state index contributed by atoms with van der Waals surface area (Å²) in [4.78, 5) is 13.5. The molecule has 0 N–H and O–H groups in total. The van der Waals surface area contributed by atoms with Gasteiger partial charge in [-0.25, -0.2) is 9.97 Å². The molecular formula is C19H16N4OS. The van der Waals surface area contributed by atoms with Gasteiger partial charge in [0.05, 0.1) is 11.3 Å². The number of fused-ring (bicyclic) bond motifs is 1. The van der Waals surface area contributed by atoms with Crippen molar-refractivity contribution in [1.82, 2.24) is 20.1 Å². The first kappa shape index (κ1) is 15.8. The molecule has 0 amide bonds. The van der Waals surface area contributed by atoms with Crippen LogP contribution in [0.15, 0.2) is 58.1 Å². The highest BCUT2D eigenvalue weighted by Crippen LogP contribution is 2.28. The normalized spacial score (nSPS) is 11.1. The van der Waals surface area contributed by atoms with E-state index >= 15 is 0 Å². The molecule has 0 saturated carbocycles. The summed E-state index contributed by atoms with van der Waals surface area (Å²) in [6, 6.07) is 16.0. The van der Waals surface area contributed by atoms with Crippen LogP contribution in [-0.4, -0.2) is 20.1 Å².